The van der Waals surface area contributed by atoms with E-state index < -0.39 is 5.97 Å². The minimum atomic E-state index is -0.887. The van der Waals surface area contributed by atoms with E-state index in [1.807, 2.05) is 0 Å². The Balaban J connectivity index is 2.60. The first-order valence-corrected chi connectivity index (χ1v) is 4.37. The number of nitrogens with zero attached hydrogens (tertiary/aromatic N) is 2. The van der Waals surface area contributed by atoms with Crippen LogP contribution in [-0.4, -0.2) is 20.5 Å². The van der Waals surface area contributed by atoms with Crippen LogP contribution < -0.4 is 0 Å². The molecule has 0 aromatic carbocycles. The van der Waals surface area contributed by atoms with Gasteiger partial charge >= 0.3 is 5.97 Å². The summed E-state index contributed by atoms with van der Waals surface area (Å²) in [4.78, 5) is 14.5. The molecule has 0 fully saturated rings. The molecule has 14 heavy (non-hydrogen) atoms. The number of rotatable bonds is 2. The zero-order valence-electron chi connectivity index (χ0n) is 7.14. The van der Waals surface area contributed by atoms with Gasteiger partial charge in [-0.3, -0.25) is 4.79 Å². The van der Waals surface area contributed by atoms with Gasteiger partial charge in [-0.05, 0) is 12.1 Å². The van der Waals surface area contributed by atoms with Crippen molar-refractivity contribution < 1.29 is 9.90 Å². The van der Waals surface area contributed by atoms with Crippen molar-refractivity contribution in [2.24, 2.45) is 0 Å². The van der Waals surface area contributed by atoms with E-state index >= 15 is 0 Å². The molecule has 2 rings (SSSR count). The molecule has 0 saturated heterocycles. The van der Waals surface area contributed by atoms with Crippen molar-refractivity contribution in [1.82, 2.24) is 9.38 Å². The molecular weight excluding hydrogens is 204 g/mol. The van der Waals surface area contributed by atoms with Gasteiger partial charge in [0, 0.05) is 10.7 Å². The van der Waals surface area contributed by atoms with Crippen LogP contribution in [0.2, 0.25) is 5.02 Å². The Morgan fingerprint density at radius 2 is 2.36 bits per heavy atom. The van der Waals surface area contributed by atoms with Crippen molar-refractivity contribution in [3.8, 4) is 0 Å². The normalized spacial score (nSPS) is 10.6. The van der Waals surface area contributed by atoms with E-state index in [-0.39, 0.29) is 6.42 Å². The molecule has 0 amide bonds. The van der Waals surface area contributed by atoms with Gasteiger partial charge in [0.05, 0.1) is 24.5 Å². The van der Waals surface area contributed by atoms with Crippen molar-refractivity contribution in [3.63, 3.8) is 0 Å². The molecule has 0 bridgehead atoms. The molecule has 5 heteroatoms. The third-order valence-electron chi connectivity index (χ3n) is 1.90. The summed E-state index contributed by atoms with van der Waals surface area (Å²) in [6.45, 7) is 0. The summed E-state index contributed by atoms with van der Waals surface area (Å²) < 4.78 is 1.71. The zero-order valence-corrected chi connectivity index (χ0v) is 7.90. The van der Waals surface area contributed by atoms with Crippen molar-refractivity contribution >= 4 is 23.1 Å². The summed E-state index contributed by atoms with van der Waals surface area (Å²) >= 11 is 5.83. The summed E-state index contributed by atoms with van der Waals surface area (Å²) in [6.07, 6.45) is 3.15. The Morgan fingerprint density at radius 1 is 1.57 bits per heavy atom. The maximum atomic E-state index is 10.6. The number of pyridine rings is 1. The van der Waals surface area contributed by atoms with E-state index in [0.29, 0.717) is 10.7 Å². The lowest BCUT2D eigenvalue weighted by Crippen LogP contribution is -2.04. The summed E-state index contributed by atoms with van der Waals surface area (Å²) in [5.41, 5.74) is 1.42. The monoisotopic (exact) mass is 210 g/mol. The fourth-order valence-electron chi connectivity index (χ4n) is 1.35. The highest BCUT2D eigenvalue weighted by atomic mass is 35.5. The van der Waals surface area contributed by atoms with Gasteiger partial charge in [0.25, 0.3) is 0 Å². The SMILES string of the molecule is O=C(O)Cc1cc(Cl)cc2cncn12. The summed E-state index contributed by atoms with van der Waals surface area (Å²) in [5.74, 6) is -0.887. The first-order chi connectivity index (χ1) is 6.66. The summed E-state index contributed by atoms with van der Waals surface area (Å²) in [7, 11) is 0. The number of fused-ring (bicyclic) bond motifs is 1. The second kappa shape index (κ2) is 3.31. The topological polar surface area (TPSA) is 54.6 Å². The third kappa shape index (κ3) is 1.56. The lowest BCUT2D eigenvalue weighted by atomic mass is 10.2. The fourth-order valence-corrected chi connectivity index (χ4v) is 1.59. The first-order valence-electron chi connectivity index (χ1n) is 3.99. The van der Waals surface area contributed by atoms with Crippen LogP contribution in [0.25, 0.3) is 5.52 Å². The molecule has 2 aromatic rings. The number of aliphatic carboxylic acids is 1. The number of hydrogen-bond acceptors (Lipinski definition) is 2. The molecule has 2 heterocycles. The fraction of sp³-hybridized carbons (Fsp3) is 0.111. The second-order valence-electron chi connectivity index (χ2n) is 2.92. The highest BCUT2D eigenvalue weighted by molar-refractivity contribution is 6.31. The average Bonchev–Trinajstić information content (AvgIpc) is 2.50. The van der Waals surface area contributed by atoms with Gasteiger partial charge < -0.3 is 9.51 Å². The lowest BCUT2D eigenvalue weighted by Gasteiger charge is -2.03. The largest absolute Gasteiger partial charge is 0.481 e. The maximum absolute atomic E-state index is 10.6. The highest BCUT2D eigenvalue weighted by Crippen LogP contribution is 2.16. The molecule has 2 aromatic heterocycles. The summed E-state index contributed by atoms with van der Waals surface area (Å²) in [5, 5.41) is 9.20. The maximum Gasteiger partial charge on any atom is 0.309 e. The van der Waals surface area contributed by atoms with Gasteiger partial charge in [-0.1, -0.05) is 11.6 Å². The van der Waals surface area contributed by atoms with E-state index in [2.05, 4.69) is 4.98 Å². The Labute approximate surface area is 84.8 Å². The van der Waals surface area contributed by atoms with Crippen LogP contribution in [0.15, 0.2) is 24.7 Å². The Morgan fingerprint density at radius 3 is 3.07 bits per heavy atom. The second-order valence-corrected chi connectivity index (χ2v) is 3.36. The van der Waals surface area contributed by atoms with Crippen LogP contribution in [0.1, 0.15) is 5.69 Å². The average molecular weight is 211 g/mol. The van der Waals surface area contributed by atoms with Gasteiger partial charge in [-0.2, -0.15) is 0 Å². The van der Waals surface area contributed by atoms with Gasteiger partial charge in [0.2, 0.25) is 0 Å². The molecule has 0 aliphatic carbocycles. The van der Waals surface area contributed by atoms with Crippen LogP contribution >= 0.6 is 11.6 Å². The van der Waals surface area contributed by atoms with Crippen molar-refractivity contribution in [2.75, 3.05) is 0 Å². The van der Waals surface area contributed by atoms with Crippen molar-refractivity contribution in [2.45, 2.75) is 6.42 Å². The molecular formula is C9H7ClN2O2. The van der Waals surface area contributed by atoms with Crippen LogP contribution in [-0.2, 0) is 11.2 Å². The molecule has 0 aliphatic rings. The molecule has 1 N–H and O–H groups in total. The third-order valence-corrected chi connectivity index (χ3v) is 2.12. The van der Waals surface area contributed by atoms with Crippen LogP contribution in [0.3, 0.4) is 0 Å². The molecule has 0 unspecified atom stereocenters. The van der Waals surface area contributed by atoms with Crippen LogP contribution in [0.4, 0.5) is 0 Å². The molecule has 72 valence electrons. The van der Waals surface area contributed by atoms with Gasteiger partial charge in [-0.25, -0.2) is 4.98 Å². The minimum absolute atomic E-state index is 0.0621. The number of halogens is 1. The predicted molar refractivity (Wildman–Crippen MR) is 51.5 cm³/mol. The molecule has 4 nitrogen and oxygen atoms in total. The quantitative estimate of drug-likeness (QED) is 0.820. The zero-order chi connectivity index (χ0) is 10.1. The van der Waals surface area contributed by atoms with E-state index in [1.54, 1.807) is 29.1 Å². The number of aromatic nitrogens is 2. The van der Waals surface area contributed by atoms with E-state index in [1.165, 1.54) is 0 Å². The van der Waals surface area contributed by atoms with E-state index in [4.69, 9.17) is 16.7 Å². The number of imidazole rings is 1. The van der Waals surface area contributed by atoms with E-state index in [9.17, 15) is 4.79 Å². The minimum Gasteiger partial charge on any atom is -0.481 e. The Kier molecular flexibility index (Phi) is 2.13. The molecule has 0 saturated carbocycles. The van der Waals surface area contributed by atoms with Crippen LogP contribution in [0, 0.1) is 0 Å². The number of carboxylic acid groups (broad SMARTS) is 1. The lowest BCUT2D eigenvalue weighted by molar-refractivity contribution is -0.136. The summed E-state index contributed by atoms with van der Waals surface area (Å²) in [6, 6.07) is 3.37. The molecule has 0 radical (unpaired) electrons. The van der Waals surface area contributed by atoms with Gasteiger partial charge in [0.1, 0.15) is 0 Å². The van der Waals surface area contributed by atoms with Crippen LogP contribution in [0.5, 0.6) is 0 Å². The number of hydrogen-bond donors (Lipinski definition) is 1. The Bertz CT molecular complexity index is 493. The Hall–Kier alpha value is -1.55. The van der Waals surface area contributed by atoms with Crippen molar-refractivity contribution in [3.05, 3.63) is 35.4 Å². The molecule has 0 atom stereocenters. The number of carbonyl (C=O) groups is 1. The van der Waals surface area contributed by atoms with Crippen molar-refractivity contribution in [1.29, 1.82) is 0 Å². The first kappa shape index (κ1) is 9.02. The highest BCUT2D eigenvalue weighted by Gasteiger charge is 2.06. The molecule has 0 aliphatic heterocycles. The molecule has 0 spiro atoms. The van der Waals surface area contributed by atoms with E-state index in [0.717, 1.165) is 5.52 Å². The predicted octanol–water partition coefficient (Wildman–Crippen LogP) is 1.61. The standard InChI is InChI=1S/C9H7ClN2O2/c10-6-1-7(3-9(13)14)12-5-11-4-8(12)2-6/h1-2,4-5H,3H2,(H,13,14). The number of carboxylic acids is 1. The van der Waals surface area contributed by atoms with Gasteiger partial charge in [0.15, 0.2) is 0 Å². The van der Waals surface area contributed by atoms with Gasteiger partial charge in [-0.15, -0.1) is 0 Å². The smallest absolute Gasteiger partial charge is 0.309 e.